The minimum Gasteiger partial charge on any atom is -0.382 e. The second kappa shape index (κ2) is 5.40. The standard InChI is InChI=1S/C15H16BrN5O/c16-10-5-12(14-13(6-10)15(17)20-19-14)9-7-18-21(8-9)11-1-3-22-4-2-11/h5-8,11H,1-4H2,(H3,17,19,20). The predicted molar refractivity (Wildman–Crippen MR) is 88.5 cm³/mol. The fraction of sp³-hybridized carbons (Fsp3) is 0.333. The topological polar surface area (TPSA) is 81.8 Å². The minimum absolute atomic E-state index is 0.414. The second-order valence-electron chi connectivity index (χ2n) is 5.54. The molecule has 1 aromatic carbocycles. The van der Waals surface area contributed by atoms with Gasteiger partial charge in [0.25, 0.3) is 0 Å². The average molecular weight is 362 g/mol. The van der Waals surface area contributed by atoms with Crippen LogP contribution in [0.25, 0.3) is 22.0 Å². The van der Waals surface area contributed by atoms with E-state index < -0.39 is 0 Å². The third-order valence-corrected chi connectivity index (χ3v) is 4.60. The molecule has 0 bridgehead atoms. The Kier molecular flexibility index (Phi) is 3.38. The van der Waals surface area contributed by atoms with Gasteiger partial charge < -0.3 is 10.5 Å². The number of nitrogen functional groups attached to an aromatic ring is 1. The zero-order valence-corrected chi connectivity index (χ0v) is 13.5. The highest BCUT2D eigenvalue weighted by atomic mass is 79.9. The van der Waals surface area contributed by atoms with E-state index in [1.807, 2.05) is 16.9 Å². The van der Waals surface area contributed by atoms with Gasteiger partial charge in [0.05, 0.1) is 17.8 Å². The summed E-state index contributed by atoms with van der Waals surface area (Å²) in [5, 5.41) is 12.6. The Hall–Kier alpha value is -1.86. The Bertz CT molecular complexity index is 819. The first kappa shape index (κ1) is 13.8. The van der Waals surface area contributed by atoms with E-state index in [1.54, 1.807) is 0 Å². The summed E-state index contributed by atoms with van der Waals surface area (Å²) in [6.07, 6.45) is 6.00. The van der Waals surface area contributed by atoms with Crippen LogP contribution in [0, 0.1) is 0 Å². The van der Waals surface area contributed by atoms with Gasteiger partial charge in [-0.05, 0) is 25.0 Å². The monoisotopic (exact) mass is 361 g/mol. The quantitative estimate of drug-likeness (QED) is 0.734. The number of anilines is 1. The lowest BCUT2D eigenvalue weighted by Gasteiger charge is -2.22. The highest BCUT2D eigenvalue weighted by Crippen LogP contribution is 2.33. The van der Waals surface area contributed by atoms with E-state index in [4.69, 9.17) is 10.5 Å². The van der Waals surface area contributed by atoms with Gasteiger partial charge in [0.1, 0.15) is 0 Å². The van der Waals surface area contributed by atoms with Crippen LogP contribution in [-0.4, -0.2) is 33.2 Å². The smallest absolute Gasteiger partial charge is 0.153 e. The first-order valence-electron chi connectivity index (χ1n) is 7.28. The number of nitrogens with zero attached hydrogens (tertiary/aromatic N) is 3. The number of ether oxygens (including phenoxy) is 1. The molecule has 3 aromatic rings. The van der Waals surface area contributed by atoms with Crippen LogP contribution in [0.4, 0.5) is 5.82 Å². The van der Waals surface area contributed by atoms with Gasteiger partial charge in [-0.1, -0.05) is 15.9 Å². The highest BCUT2D eigenvalue weighted by molar-refractivity contribution is 9.10. The maximum Gasteiger partial charge on any atom is 0.153 e. The van der Waals surface area contributed by atoms with Gasteiger partial charge in [-0.25, -0.2) is 0 Å². The number of hydrogen-bond donors (Lipinski definition) is 2. The highest BCUT2D eigenvalue weighted by Gasteiger charge is 2.18. The van der Waals surface area contributed by atoms with Crippen LogP contribution in [-0.2, 0) is 4.74 Å². The van der Waals surface area contributed by atoms with Crippen LogP contribution in [0.15, 0.2) is 29.0 Å². The number of aromatic amines is 1. The molecule has 0 radical (unpaired) electrons. The summed E-state index contributed by atoms with van der Waals surface area (Å²) in [7, 11) is 0. The lowest BCUT2D eigenvalue weighted by molar-refractivity contribution is 0.0662. The molecule has 1 saturated heterocycles. The van der Waals surface area contributed by atoms with Crippen molar-refractivity contribution in [1.82, 2.24) is 20.0 Å². The zero-order chi connectivity index (χ0) is 15.1. The van der Waals surface area contributed by atoms with Gasteiger partial charge in [0, 0.05) is 40.4 Å². The molecule has 0 aliphatic carbocycles. The summed E-state index contributed by atoms with van der Waals surface area (Å²) in [5.41, 5.74) is 8.96. The lowest BCUT2D eigenvalue weighted by atomic mass is 10.1. The third kappa shape index (κ3) is 2.30. The Labute approximate surface area is 135 Å². The van der Waals surface area contributed by atoms with E-state index in [0.717, 1.165) is 52.6 Å². The third-order valence-electron chi connectivity index (χ3n) is 4.14. The van der Waals surface area contributed by atoms with Gasteiger partial charge in [0.15, 0.2) is 5.82 Å². The van der Waals surface area contributed by atoms with E-state index in [2.05, 4.69) is 43.5 Å². The molecule has 0 atom stereocenters. The molecule has 2 aromatic heterocycles. The molecule has 0 spiro atoms. The molecule has 0 saturated carbocycles. The average Bonchev–Trinajstić information content (AvgIpc) is 3.16. The second-order valence-corrected chi connectivity index (χ2v) is 6.45. The van der Waals surface area contributed by atoms with Crippen LogP contribution in [0.5, 0.6) is 0 Å². The first-order valence-corrected chi connectivity index (χ1v) is 8.07. The number of fused-ring (bicyclic) bond motifs is 1. The fourth-order valence-corrected chi connectivity index (χ4v) is 3.42. The largest absolute Gasteiger partial charge is 0.382 e. The maximum atomic E-state index is 5.92. The van der Waals surface area contributed by atoms with Crippen molar-refractivity contribution in [3.8, 4) is 11.1 Å². The summed E-state index contributed by atoms with van der Waals surface area (Å²) in [5.74, 6) is 0.509. The van der Waals surface area contributed by atoms with Gasteiger partial charge in [-0.15, -0.1) is 0 Å². The normalized spacial score (nSPS) is 16.4. The fourth-order valence-electron chi connectivity index (χ4n) is 2.96. The van der Waals surface area contributed by atoms with Crippen LogP contribution in [0.3, 0.4) is 0 Å². The van der Waals surface area contributed by atoms with E-state index in [0.29, 0.717) is 11.9 Å². The van der Waals surface area contributed by atoms with Crippen molar-refractivity contribution in [1.29, 1.82) is 0 Å². The van der Waals surface area contributed by atoms with Crippen molar-refractivity contribution in [2.75, 3.05) is 18.9 Å². The Morgan fingerprint density at radius 1 is 1.32 bits per heavy atom. The summed E-state index contributed by atoms with van der Waals surface area (Å²) < 4.78 is 8.43. The summed E-state index contributed by atoms with van der Waals surface area (Å²) in [6, 6.07) is 4.45. The van der Waals surface area contributed by atoms with Crippen LogP contribution in [0.1, 0.15) is 18.9 Å². The Balaban J connectivity index is 1.77. The molecule has 6 nitrogen and oxygen atoms in total. The number of rotatable bonds is 2. The molecule has 0 unspecified atom stereocenters. The SMILES string of the molecule is Nc1n[nH]c2c(-c3cnn(C4CCOCC4)c3)cc(Br)cc12. The van der Waals surface area contributed by atoms with E-state index in [-0.39, 0.29) is 0 Å². The molecule has 114 valence electrons. The summed E-state index contributed by atoms with van der Waals surface area (Å²) >= 11 is 3.54. The van der Waals surface area contributed by atoms with E-state index in [1.165, 1.54) is 0 Å². The Morgan fingerprint density at radius 2 is 2.14 bits per heavy atom. The molecule has 7 heteroatoms. The number of nitrogens with two attached hydrogens (primary N) is 1. The zero-order valence-electron chi connectivity index (χ0n) is 11.9. The molecule has 4 rings (SSSR count). The number of halogens is 1. The van der Waals surface area contributed by atoms with Gasteiger partial charge in [0.2, 0.25) is 0 Å². The number of nitrogens with one attached hydrogen (secondary N) is 1. The van der Waals surface area contributed by atoms with Crippen molar-refractivity contribution in [2.45, 2.75) is 18.9 Å². The molecule has 22 heavy (non-hydrogen) atoms. The van der Waals surface area contributed by atoms with E-state index >= 15 is 0 Å². The van der Waals surface area contributed by atoms with Crippen molar-refractivity contribution < 1.29 is 4.74 Å². The molecule has 0 amide bonds. The Morgan fingerprint density at radius 3 is 2.95 bits per heavy atom. The van der Waals surface area contributed by atoms with Crippen molar-refractivity contribution in [3.63, 3.8) is 0 Å². The molecule has 1 aliphatic heterocycles. The van der Waals surface area contributed by atoms with Gasteiger partial charge >= 0.3 is 0 Å². The first-order chi connectivity index (χ1) is 10.7. The van der Waals surface area contributed by atoms with Crippen LogP contribution >= 0.6 is 15.9 Å². The summed E-state index contributed by atoms with van der Waals surface area (Å²) in [4.78, 5) is 0. The van der Waals surface area contributed by atoms with Crippen LogP contribution in [0.2, 0.25) is 0 Å². The molecule has 1 aliphatic rings. The molecular weight excluding hydrogens is 346 g/mol. The number of aromatic nitrogens is 4. The molecular formula is C15H16BrN5O. The van der Waals surface area contributed by atoms with Crippen molar-refractivity contribution >= 4 is 32.7 Å². The molecule has 3 heterocycles. The van der Waals surface area contributed by atoms with Crippen molar-refractivity contribution in [3.05, 3.63) is 29.0 Å². The minimum atomic E-state index is 0.414. The number of H-pyrrole nitrogens is 1. The number of hydrogen-bond acceptors (Lipinski definition) is 4. The van der Waals surface area contributed by atoms with Crippen LogP contribution < -0.4 is 5.73 Å². The molecule has 1 fully saturated rings. The number of benzene rings is 1. The summed E-state index contributed by atoms with van der Waals surface area (Å²) in [6.45, 7) is 1.61. The van der Waals surface area contributed by atoms with E-state index in [9.17, 15) is 0 Å². The van der Waals surface area contributed by atoms with Crippen molar-refractivity contribution in [2.24, 2.45) is 0 Å². The lowest BCUT2D eigenvalue weighted by Crippen LogP contribution is -2.19. The van der Waals surface area contributed by atoms with Gasteiger partial charge in [-0.3, -0.25) is 9.78 Å². The predicted octanol–water partition coefficient (Wildman–Crippen LogP) is 3.12. The van der Waals surface area contributed by atoms with Gasteiger partial charge in [-0.2, -0.15) is 10.2 Å². The molecule has 3 N–H and O–H groups in total. The maximum absolute atomic E-state index is 5.92.